The molecule has 0 saturated heterocycles. The van der Waals surface area contributed by atoms with Crippen LogP contribution >= 0.6 is 7.82 Å². The smallest absolute Gasteiger partial charge is 0.463 e. The number of rotatable bonds is 32. The Bertz CT molecular complexity index is 734. The molecule has 3 N–H and O–H groups in total. The van der Waals surface area contributed by atoms with E-state index in [4.69, 9.17) is 13.8 Å². The van der Waals surface area contributed by atoms with E-state index in [-0.39, 0.29) is 32.1 Å². The highest BCUT2D eigenvalue weighted by Gasteiger charge is 2.23. The Morgan fingerprint density at radius 3 is 1.74 bits per heavy atom. The molecule has 0 rings (SSSR count). The maximum Gasteiger partial charge on any atom is 0.472 e. The molecule has 0 fully saturated rings. The number of allylic oxidation sites excluding steroid dienone is 2. The van der Waals surface area contributed by atoms with Crippen molar-refractivity contribution < 1.29 is 37.9 Å². The predicted octanol–water partition coefficient (Wildman–Crippen LogP) is 8.32. The number of amides is 1. The van der Waals surface area contributed by atoms with Crippen molar-refractivity contribution in [2.45, 2.75) is 161 Å². The lowest BCUT2D eigenvalue weighted by atomic mass is 10.1. The number of phosphoric ester groups is 1. The predicted molar refractivity (Wildman–Crippen MR) is 174 cm³/mol. The van der Waals surface area contributed by atoms with Crippen molar-refractivity contribution in [1.29, 1.82) is 0 Å². The van der Waals surface area contributed by atoms with Crippen LogP contribution in [0.15, 0.2) is 12.2 Å². The molecule has 0 heterocycles. The second kappa shape index (κ2) is 30.8. The van der Waals surface area contributed by atoms with Crippen molar-refractivity contribution in [1.82, 2.24) is 5.32 Å². The van der Waals surface area contributed by atoms with Gasteiger partial charge in [0.1, 0.15) is 12.7 Å². The molecule has 43 heavy (non-hydrogen) atoms. The number of aliphatic hydroxyl groups is 1. The van der Waals surface area contributed by atoms with Gasteiger partial charge in [-0.15, -0.1) is 0 Å². The van der Waals surface area contributed by atoms with Gasteiger partial charge in [0.25, 0.3) is 0 Å². The topological polar surface area (TPSA) is 131 Å². The van der Waals surface area contributed by atoms with Crippen molar-refractivity contribution >= 4 is 19.7 Å². The minimum Gasteiger partial charge on any atom is -0.463 e. The van der Waals surface area contributed by atoms with Gasteiger partial charge in [0.15, 0.2) is 0 Å². The number of aliphatic hydroxyl groups excluding tert-OH is 1. The van der Waals surface area contributed by atoms with Crippen molar-refractivity contribution in [3.63, 3.8) is 0 Å². The van der Waals surface area contributed by atoms with Crippen molar-refractivity contribution in [2.75, 3.05) is 26.4 Å². The van der Waals surface area contributed by atoms with E-state index in [1.165, 1.54) is 70.6 Å². The van der Waals surface area contributed by atoms with Gasteiger partial charge in [-0.1, -0.05) is 116 Å². The lowest BCUT2D eigenvalue weighted by Crippen LogP contribution is -2.27. The average Bonchev–Trinajstić information content (AvgIpc) is 2.98. The van der Waals surface area contributed by atoms with Crippen LogP contribution in [0.5, 0.6) is 0 Å². The van der Waals surface area contributed by atoms with E-state index in [0.717, 1.165) is 57.8 Å². The van der Waals surface area contributed by atoms with E-state index in [1.54, 1.807) is 0 Å². The first kappa shape index (κ1) is 41.8. The quantitative estimate of drug-likeness (QED) is 0.0292. The number of esters is 1. The number of hydrogen-bond donors (Lipinski definition) is 3. The normalized spacial score (nSPS) is 13.7. The molecule has 0 bridgehead atoms. The van der Waals surface area contributed by atoms with Crippen LogP contribution in [0.25, 0.3) is 0 Å². The van der Waals surface area contributed by atoms with Gasteiger partial charge in [0.2, 0.25) is 5.91 Å². The van der Waals surface area contributed by atoms with E-state index in [0.29, 0.717) is 6.42 Å². The van der Waals surface area contributed by atoms with E-state index >= 15 is 0 Å². The SMILES string of the molecule is CCCCCCCCC/C=C\CCCCCCCC(=O)OCC(O)COP(=O)(O)OCCNC(=O)CCCCCCCC. The molecule has 0 aliphatic carbocycles. The van der Waals surface area contributed by atoms with Crippen LogP contribution in [0.1, 0.15) is 155 Å². The number of unbranched alkanes of at least 4 members (excludes halogenated alkanes) is 17. The highest BCUT2D eigenvalue weighted by atomic mass is 31.2. The zero-order valence-electron chi connectivity index (χ0n) is 27.4. The summed E-state index contributed by atoms with van der Waals surface area (Å²) < 4.78 is 26.6. The summed E-state index contributed by atoms with van der Waals surface area (Å²) in [6.45, 7) is 3.46. The van der Waals surface area contributed by atoms with Crippen LogP contribution in [0.4, 0.5) is 0 Å². The minimum atomic E-state index is -4.39. The first-order valence-corrected chi connectivity index (χ1v) is 18.7. The molecule has 0 aromatic carbocycles. The molecule has 2 atom stereocenters. The van der Waals surface area contributed by atoms with E-state index < -0.39 is 26.5 Å². The first-order valence-electron chi connectivity index (χ1n) is 17.2. The minimum absolute atomic E-state index is 0.0825. The third-order valence-electron chi connectivity index (χ3n) is 7.20. The Morgan fingerprint density at radius 2 is 1.19 bits per heavy atom. The van der Waals surface area contributed by atoms with Gasteiger partial charge in [0, 0.05) is 19.4 Å². The molecular formula is C33H64NO8P. The number of carbonyl (C=O) groups is 2. The lowest BCUT2D eigenvalue weighted by Gasteiger charge is -2.15. The van der Waals surface area contributed by atoms with Gasteiger partial charge < -0.3 is 20.1 Å². The molecule has 0 spiro atoms. The number of phosphoric acid groups is 1. The molecule has 10 heteroatoms. The molecule has 254 valence electrons. The third kappa shape index (κ3) is 32.0. The number of ether oxygens (including phenoxy) is 1. The average molecular weight is 634 g/mol. The Balaban J connectivity index is 3.63. The van der Waals surface area contributed by atoms with E-state index in [2.05, 4.69) is 31.3 Å². The number of hydrogen-bond acceptors (Lipinski definition) is 7. The summed E-state index contributed by atoms with van der Waals surface area (Å²) in [7, 11) is -4.39. The second-order valence-electron chi connectivity index (χ2n) is 11.5. The molecule has 0 aliphatic heterocycles. The molecule has 2 unspecified atom stereocenters. The summed E-state index contributed by atoms with van der Waals surface area (Å²) in [5.74, 6) is -0.533. The van der Waals surface area contributed by atoms with Crippen LogP contribution in [0, 0.1) is 0 Å². The summed E-state index contributed by atoms with van der Waals surface area (Å²) in [6.07, 6.45) is 27.4. The molecule has 0 aromatic rings. The molecular weight excluding hydrogens is 569 g/mol. The fourth-order valence-electron chi connectivity index (χ4n) is 4.55. The van der Waals surface area contributed by atoms with Crippen LogP contribution in [0.2, 0.25) is 0 Å². The zero-order chi connectivity index (χ0) is 31.9. The van der Waals surface area contributed by atoms with Crippen molar-refractivity contribution in [3.05, 3.63) is 12.2 Å². The van der Waals surface area contributed by atoms with Gasteiger partial charge in [0.05, 0.1) is 13.2 Å². The summed E-state index contributed by atoms with van der Waals surface area (Å²) in [5, 5.41) is 12.6. The Kier molecular flexibility index (Phi) is 29.9. The van der Waals surface area contributed by atoms with Gasteiger partial charge in [-0.05, 0) is 38.5 Å². The van der Waals surface area contributed by atoms with E-state index in [1.807, 2.05) is 0 Å². The third-order valence-corrected chi connectivity index (χ3v) is 8.18. The maximum absolute atomic E-state index is 12.0. The number of nitrogens with one attached hydrogen (secondary N) is 1. The Hall–Kier alpha value is -1.25. The van der Waals surface area contributed by atoms with Crippen LogP contribution in [-0.2, 0) is 27.9 Å². The van der Waals surface area contributed by atoms with Gasteiger partial charge in [-0.2, -0.15) is 0 Å². The molecule has 1 amide bonds. The fraction of sp³-hybridized carbons (Fsp3) is 0.879. The van der Waals surface area contributed by atoms with E-state index in [9.17, 15) is 24.2 Å². The molecule has 0 radical (unpaired) electrons. The summed E-state index contributed by atoms with van der Waals surface area (Å²) in [5.41, 5.74) is 0. The van der Waals surface area contributed by atoms with Crippen LogP contribution in [-0.4, -0.2) is 54.3 Å². The zero-order valence-corrected chi connectivity index (χ0v) is 28.3. The monoisotopic (exact) mass is 633 g/mol. The Labute approximate surface area is 262 Å². The molecule has 0 aliphatic rings. The van der Waals surface area contributed by atoms with Crippen LogP contribution in [0.3, 0.4) is 0 Å². The standard InChI is InChI=1S/C33H64NO8P/c1-3-5-7-9-11-12-13-14-15-16-17-18-19-20-22-24-26-33(37)40-29-31(35)30-42-43(38,39)41-28-27-34-32(36)25-23-21-10-8-6-4-2/h15-16,31,35H,3-14,17-30H2,1-2H3,(H,34,36)(H,38,39)/b16-15-. The lowest BCUT2D eigenvalue weighted by molar-refractivity contribution is -0.147. The second-order valence-corrected chi connectivity index (χ2v) is 12.9. The highest BCUT2D eigenvalue weighted by Crippen LogP contribution is 2.42. The molecule has 0 aromatic heterocycles. The first-order chi connectivity index (χ1) is 20.8. The van der Waals surface area contributed by atoms with Gasteiger partial charge in [-0.25, -0.2) is 4.57 Å². The van der Waals surface area contributed by atoms with Crippen LogP contribution < -0.4 is 5.32 Å². The Morgan fingerprint density at radius 1 is 0.698 bits per heavy atom. The largest absolute Gasteiger partial charge is 0.472 e. The highest BCUT2D eigenvalue weighted by molar-refractivity contribution is 7.47. The molecule has 9 nitrogen and oxygen atoms in total. The fourth-order valence-corrected chi connectivity index (χ4v) is 5.31. The van der Waals surface area contributed by atoms with Crippen molar-refractivity contribution in [3.8, 4) is 0 Å². The van der Waals surface area contributed by atoms with Crippen molar-refractivity contribution in [2.24, 2.45) is 0 Å². The summed E-state index contributed by atoms with van der Waals surface area (Å²) in [6, 6.07) is 0. The maximum atomic E-state index is 12.0. The molecule has 0 saturated carbocycles. The van der Waals surface area contributed by atoms with Gasteiger partial charge >= 0.3 is 13.8 Å². The summed E-state index contributed by atoms with van der Waals surface area (Å²) >= 11 is 0. The van der Waals surface area contributed by atoms with Gasteiger partial charge in [-0.3, -0.25) is 18.6 Å². The number of carbonyl (C=O) groups excluding carboxylic acids is 2. The summed E-state index contributed by atoms with van der Waals surface area (Å²) in [4.78, 5) is 33.4.